The van der Waals surface area contributed by atoms with Crippen LogP contribution in [0.3, 0.4) is 0 Å². The van der Waals surface area contributed by atoms with Crippen molar-refractivity contribution in [2.45, 2.75) is 37.8 Å². The third-order valence-electron chi connectivity index (χ3n) is 3.10. The Labute approximate surface area is 89.0 Å². The molecule has 1 heterocycles. The van der Waals surface area contributed by atoms with Crippen LogP contribution in [0.5, 0.6) is 0 Å². The van der Waals surface area contributed by atoms with E-state index in [1.54, 1.807) is 4.90 Å². The third-order valence-corrected chi connectivity index (χ3v) is 3.10. The van der Waals surface area contributed by atoms with Crippen LogP contribution in [0.1, 0.15) is 26.2 Å². The molecule has 0 aromatic rings. The summed E-state index contributed by atoms with van der Waals surface area (Å²) >= 11 is 0. The average molecular weight is 211 g/mol. The smallest absolute Gasteiger partial charge is 0.242 e. The Morgan fingerprint density at radius 1 is 1.47 bits per heavy atom. The minimum Gasteiger partial charge on any atom is -0.352 e. The van der Waals surface area contributed by atoms with Crippen LogP contribution in [0.15, 0.2) is 0 Å². The molecule has 84 valence electrons. The van der Waals surface area contributed by atoms with Gasteiger partial charge in [0.15, 0.2) is 0 Å². The zero-order chi connectivity index (χ0) is 11.1. The van der Waals surface area contributed by atoms with Crippen LogP contribution in [0, 0.1) is 0 Å². The van der Waals surface area contributed by atoms with Crippen molar-refractivity contribution in [2.24, 2.45) is 5.73 Å². The summed E-state index contributed by atoms with van der Waals surface area (Å²) in [5.74, 6) is 0.0125. The van der Waals surface area contributed by atoms with Gasteiger partial charge in [0, 0.05) is 26.1 Å². The van der Waals surface area contributed by atoms with Crippen LogP contribution < -0.4 is 11.1 Å². The number of hydrogen-bond acceptors (Lipinski definition) is 3. The SMILES string of the molecule is CC(=O)NC1CCN(C(=O)C2(N)CC2)C1. The molecule has 5 nitrogen and oxygen atoms in total. The fourth-order valence-electron chi connectivity index (χ4n) is 2.01. The lowest BCUT2D eigenvalue weighted by Gasteiger charge is -2.20. The predicted molar refractivity (Wildman–Crippen MR) is 55.0 cm³/mol. The Kier molecular flexibility index (Phi) is 2.42. The van der Waals surface area contributed by atoms with Crippen LogP contribution in [-0.4, -0.2) is 41.4 Å². The Bertz CT molecular complexity index is 299. The number of nitrogens with zero attached hydrogens (tertiary/aromatic N) is 1. The summed E-state index contributed by atoms with van der Waals surface area (Å²) in [7, 11) is 0. The van der Waals surface area contributed by atoms with Gasteiger partial charge in [-0.15, -0.1) is 0 Å². The van der Waals surface area contributed by atoms with Crippen LogP contribution >= 0.6 is 0 Å². The molecule has 0 radical (unpaired) electrons. The number of likely N-dealkylation sites (tertiary alicyclic amines) is 1. The minimum absolute atomic E-state index is 0.0387. The highest BCUT2D eigenvalue weighted by atomic mass is 16.2. The number of carbonyl (C=O) groups excluding carboxylic acids is 2. The molecular weight excluding hydrogens is 194 g/mol. The lowest BCUT2D eigenvalue weighted by molar-refractivity contribution is -0.132. The summed E-state index contributed by atoms with van der Waals surface area (Å²) in [6.45, 7) is 2.82. The van der Waals surface area contributed by atoms with Crippen molar-refractivity contribution in [1.82, 2.24) is 10.2 Å². The van der Waals surface area contributed by atoms with Crippen molar-refractivity contribution in [2.75, 3.05) is 13.1 Å². The van der Waals surface area contributed by atoms with Gasteiger partial charge in [-0.05, 0) is 19.3 Å². The number of amides is 2. The molecular formula is C10H17N3O2. The lowest BCUT2D eigenvalue weighted by Crippen LogP contribution is -2.46. The van der Waals surface area contributed by atoms with Crippen molar-refractivity contribution in [3.8, 4) is 0 Å². The van der Waals surface area contributed by atoms with E-state index in [4.69, 9.17) is 5.73 Å². The maximum Gasteiger partial charge on any atom is 0.242 e. The van der Waals surface area contributed by atoms with E-state index in [0.717, 1.165) is 19.3 Å². The molecule has 1 atom stereocenters. The van der Waals surface area contributed by atoms with Gasteiger partial charge in [0.2, 0.25) is 11.8 Å². The van der Waals surface area contributed by atoms with Crippen molar-refractivity contribution >= 4 is 11.8 Å². The molecule has 2 fully saturated rings. The van der Waals surface area contributed by atoms with Gasteiger partial charge in [0.25, 0.3) is 0 Å². The van der Waals surface area contributed by atoms with E-state index in [2.05, 4.69) is 5.32 Å². The van der Waals surface area contributed by atoms with Crippen molar-refractivity contribution in [3.63, 3.8) is 0 Å². The summed E-state index contributed by atoms with van der Waals surface area (Å²) in [6, 6.07) is 0.105. The van der Waals surface area contributed by atoms with E-state index in [1.807, 2.05) is 0 Å². The molecule has 0 aromatic carbocycles. The van der Waals surface area contributed by atoms with Crippen molar-refractivity contribution in [1.29, 1.82) is 0 Å². The molecule has 15 heavy (non-hydrogen) atoms. The summed E-state index contributed by atoms with van der Waals surface area (Å²) in [5, 5.41) is 2.82. The third kappa shape index (κ3) is 2.12. The van der Waals surface area contributed by atoms with Gasteiger partial charge in [-0.1, -0.05) is 0 Å². The van der Waals surface area contributed by atoms with Crippen LogP contribution in [0.25, 0.3) is 0 Å². The molecule has 2 aliphatic rings. The zero-order valence-electron chi connectivity index (χ0n) is 8.95. The Morgan fingerprint density at radius 2 is 2.13 bits per heavy atom. The van der Waals surface area contributed by atoms with Crippen molar-refractivity contribution < 1.29 is 9.59 Å². The monoisotopic (exact) mass is 211 g/mol. The first kappa shape index (κ1) is 10.4. The number of nitrogens with two attached hydrogens (primary N) is 1. The number of hydrogen-bond donors (Lipinski definition) is 2. The molecule has 0 spiro atoms. The van der Waals surface area contributed by atoms with E-state index in [-0.39, 0.29) is 17.9 Å². The molecule has 5 heteroatoms. The van der Waals surface area contributed by atoms with Gasteiger partial charge in [0.05, 0.1) is 5.54 Å². The molecule has 1 unspecified atom stereocenters. The van der Waals surface area contributed by atoms with Gasteiger partial charge in [0.1, 0.15) is 0 Å². The van der Waals surface area contributed by atoms with E-state index < -0.39 is 5.54 Å². The fourth-order valence-corrected chi connectivity index (χ4v) is 2.01. The first-order chi connectivity index (χ1) is 7.01. The van der Waals surface area contributed by atoms with E-state index in [9.17, 15) is 9.59 Å². The summed E-state index contributed by atoms with van der Waals surface area (Å²) in [4.78, 5) is 24.5. The normalized spacial score (nSPS) is 27.6. The molecule has 1 saturated heterocycles. The molecule has 1 saturated carbocycles. The highest BCUT2D eigenvalue weighted by Gasteiger charge is 2.49. The van der Waals surface area contributed by atoms with Gasteiger partial charge < -0.3 is 16.0 Å². The highest BCUT2D eigenvalue weighted by Crippen LogP contribution is 2.34. The van der Waals surface area contributed by atoms with Gasteiger partial charge in [-0.2, -0.15) is 0 Å². The molecule has 0 bridgehead atoms. The van der Waals surface area contributed by atoms with E-state index in [0.29, 0.717) is 13.1 Å². The second-order valence-corrected chi connectivity index (χ2v) is 4.59. The zero-order valence-corrected chi connectivity index (χ0v) is 8.95. The maximum absolute atomic E-state index is 11.8. The summed E-state index contributed by atoms with van der Waals surface area (Å²) in [6.07, 6.45) is 2.43. The van der Waals surface area contributed by atoms with Crippen LogP contribution in [0.4, 0.5) is 0 Å². The fraction of sp³-hybridized carbons (Fsp3) is 0.800. The van der Waals surface area contributed by atoms with Gasteiger partial charge in [-0.3, -0.25) is 9.59 Å². The Morgan fingerprint density at radius 3 is 2.67 bits per heavy atom. The first-order valence-corrected chi connectivity index (χ1v) is 5.37. The number of carbonyl (C=O) groups is 2. The van der Waals surface area contributed by atoms with E-state index in [1.165, 1.54) is 6.92 Å². The van der Waals surface area contributed by atoms with Gasteiger partial charge >= 0.3 is 0 Å². The lowest BCUT2D eigenvalue weighted by atomic mass is 10.2. The summed E-state index contributed by atoms with van der Waals surface area (Å²) < 4.78 is 0. The standard InChI is InChI=1S/C10H17N3O2/c1-7(14)12-8-2-5-13(6-8)9(15)10(11)3-4-10/h8H,2-6,11H2,1H3,(H,12,14). The average Bonchev–Trinajstić information content (AvgIpc) is 2.75. The molecule has 3 N–H and O–H groups in total. The van der Waals surface area contributed by atoms with E-state index >= 15 is 0 Å². The molecule has 0 aromatic heterocycles. The quantitative estimate of drug-likeness (QED) is 0.629. The molecule has 1 aliphatic heterocycles. The second kappa shape index (κ2) is 3.48. The highest BCUT2D eigenvalue weighted by molar-refractivity contribution is 5.89. The number of rotatable bonds is 2. The predicted octanol–water partition coefficient (Wildman–Crippen LogP) is -0.785. The maximum atomic E-state index is 11.8. The Balaban J connectivity index is 1.87. The minimum atomic E-state index is -0.578. The van der Waals surface area contributed by atoms with Crippen LogP contribution in [-0.2, 0) is 9.59 Å². The molecule has 2 rings (SSSR count). The second-order valence-electron chi connectivity index (χ2n) is 4.59. The first-order valence-electron chi connectivity index (χ1n) is 5.37. The van der Waals surface area contributed by atoms with Crippen molar-refractivity contribution in [3.05, 3.63) is 0 Å². The number of nitrogens with one attached hydrogen (secondary N) is 1. The molecule has 1 aliphatic carbocycles. The largest absolute Gasteiger partial charge is 0.352 e. The van der Waals surface area contributed by atoms with Gasteiger partial charge in [-0.25, -0.2) is 0 Å². The topological polar surface area (TPSA) is 75.4 Å². The van der Waals surface area contributed by atoms with Crippen LogP contribution in [0.2, 0.25) is 0 Å². The summed E-state index contributed by atoms with van der Waals surface area (Å²) in [5.41, 5.74) is 5.26. The Hall–Kier alpha value is -1.10. The molecule has 2 amide bonds.